The van der Waals surface area contributed by atoms with Crippen LogP contribution in [0.1, 0.15) is 25.7 Å². The van der Waals surface area contributed by atoms with E-state index in [1.165, 1.54) is 12.8 Å². The van der Waals surface area contributed by atoms with Gasteiger partial charge >= 0.3 is 6.09 Å². The van der Waals surface area contributed by atoms with Gasteiger partial charge in [0, 0.05) is 24.9 Å². The molecule has 0 radical (unpaired) electrons. The average Bonchev–Trinajstić information content (AvgIpc) is 2.33. The molecule has 2 fully saturated rings. The zero-order chi connectivity index (χ0) is 9.42. The largest absolute Gasteiger partial charge is 0.446 e. The molecule has 0 aromatic heterocycles. The quantitative estimate of drug-likeness (QED) is 0.653. The van der Waals surface area contributed by atoms with Crippen LogP contribution >= 0.6 is 0 Å². The predicted octanol–water partition coefficient (Wildman–Crippen LogP) is 0.707. The third kappa shape index (κ3) is 1.63. The van der Waals surface area contributed by atoms with E-state index < -0.39 is 6.09 Å². The van der Waals surface area contributed by atoms with Gasteiger partial charge in [0.1, 0.15) is 6.10 Å². The summed E-state index contributed by atoms with van der Waals surface area (Å²) >= 11 is 0. The normalized spacial score (nSPS) is 39.0. The van der Waals surface area contributed by atoms with Crippen molar-refractivity contribution in [3.63, 3.8) is 0 Å². The Hall–Kier alpha value is -0.770. The van der Waals surface area contributed by atoms with E-state index in [-0.39, 0.29) is 6.10 Å². The van der Waals surface area contributed by atoms with Crippen LogP contribution in [0.3, 0.4) is 0 Å². The van der Waals surface area contributed by atoms with Gasteiger partial charge in [-0.2, -0.15) is 0 Å². The number of fused-ring (bicyclic) bond motifs is 2. The van der Waals surface area contributed by atoms with Crippen molar-refractivity contribution in [1.82, 2.24) is 4.90 Å². The predicted molar refractivity (Wildman–Crippen MR) is 48.3 cm³/mol. The van der Waals surface area contributed by atoms with Crippen molar-refractivity contribution in [2.75, 3.05) is 7.05 Å². The number of carbonyl (C=O) groups is 1. The Bertz CT molecular complexity index is 206. The van der Waals surface area contributed by atoms with Crippen LogP contribution in [-0.2, 0) is 4.74 Å². The van der Waals surface area contributed by atoms with Gasteiger partial charge in [0.2, 0.25) is 0 Å². The number of nitrogens with two attached hydrogens (primary N) is 1. The smallest absolute Gasteiger partial charge is 0.404 e. The summed E-state index contributed by atoms with van der Waals surface area (Å²) in [4.78, 5) is 13.0. The van der Waals surface area contributed by atoms with Crippen LogP contribution in [0.15, 0.2) is 0 Å². The van der Waals surface area contributed by atoms with Crippen molar-refractivity contribution in [3.8, 4) is 0 Å². The molecule has 2 aliphatic rings. The van der Waals surface area contributed by atoms with Crippen LogP contribution < -0.4 is 5.73 Å². The molecule has 2 saturated heterocycles. The van der Waals surface area contributed by atoms with Gasteiger partial charge < -0.3 is 15.4 Å². The number of carbonyl (C=O) groups excluding carboxylic acids is 1. The molecule has 74 valence electrons. The number of amides is 1. The van der Waals surface area contributed by atoms with E-state index in [0.717, 1.165) is 12.8 Å². The van der Waals surface area contributed by atoms with Crippen molar-refractivity contribution in [2.45, 2.75) is 43.9 Å². The fraction of sp³-hybridized carbons (Fsp3) is 0.889. The van der Waals surface area contributed by atoms with E-state index in [4.69, 9.17) is 10.5 Å². The highest BCUT2D eigenvalue weighted by atomic mass is 16.6. The molecule has 0 saturated carbocycles. The number of ether oxygens (including phenoxy) is 1. The fourth-order valence-electron chi connectivity index (χ4n) is 2.62. The summed E-state index contributed by atoms with van der Waals surface area (Å²) in [5.74, 6) is 0. The van der Waals surface area contributed by atoms with Gasteiger partial charge in [-0.15, -0.1) is 0 Å². The SMILES string of the molecule is CN1[C@@H]2CC[C@H]1C[C@@H](OC(N)=O)C2. The molecule has 2 N–H and O–H groups in total. The number of nitrogens with zero attached hydrogens (tertiary/aromatic N) is 1. The number of rotatable bonds is 1. The molecule has 1 amide bonds. The van der Waals surface area contributed by atoms with Crippen molar-refractivity contribution < 1.29 is 9.53 Å². The first-order valence-corrected chi connectivity index (χ1v) is 4.85. The van der Waals surface area contributed by atoms with E-state index in [9.17, 15) is 4.79 Å². The van der Waals surface area contributed by atoms with Gasteiger partial charge in [-0.05, 0) is 19.9 Å². The van der Waals surface area contributed by atoms with E-state index in [0.29, 0.717) is 12.1 Å². The van der Waals surface area contributed by atoms with Crippen molar-refractivity contribution in [3.05, 3.63) is 0 Å². The molecule has 0 spiro atoms. The highest BCUT2D eigenvalue weighted by molar-refractivity contribution is 5.64. The van der Waals surface area contributed by atoms with E-state index >= 15 is 0 Å². The Morgan fingerprint density at radius 1 is 1.38 bits per heavy atom. The molecular weight excluding hydrogens is 168 g/mol. The first kappa shape index (κ1) is 8.81. The molecule has 0 aromatic rings. The average molecular weight is 184 g/mol. The second kappa shape index (κ2) is 3.18. The lowest BCUT2D eigenvalue weighted by Crippen LogP contribution is -2.43. The standard InChI is InChI=1S/C9H16N2O2/c1-11-6-2-3-7(11)5-8(4-6)13-9(10)12/h6-8H,2-5H2,1H3,(H2,10,12)/t6-,7+,8+. The van der Waals surface area contributed by atoms with Crippen molar-refractivity contribution in [1.29, 1.82) is 0 Å². The number of hydrogen-bond acceptors (Lipinski definition) is 3. The fourth-order valence-corrected chi connectivity index (χ4v) is 2.62. The maximum absolute atomic E-state index is 10.6. The second-order valence-corrected chi connectivity index (χ2v) is 4.08. The van der Waals surface area contributed by atoms with Crippen LogP contribution in [-0.4, -0.2) is 36.2 Å². The third-order valence-corrected chi connectivity index (χ3v) is 3.34. The minimum atomic E-state index is -0.631. The molecule has 2 bridgehead atoms. The molecule has 0 aliphatic carbocycles. The summed E-state index contributed by atoms with van der Waals surface area (Å²) < 4.78 is 5.03. The first-order valence-electron chi connectivity index (χ1n) is 4.85. The summed E-state index contributed by atoms with van der Waals surface area (Å²) in [5.41, 5.74) is 4.99. The second-order valence-electron chi connectivity index (χ2n) is 4.08. The third-order valence-electron chi connectivity index (χ3n) is 3.34. The number of hydrogen-bond donors (Lipinski definition) is 1. The summed E-state index contributed by atoms with van der Waals surface area (Å²) in [6.07, 6.45) is 3.81. The monoisotopic (exact) mass is 184 g/mol. The summed E-state index contributed by atoms with van der Waals surface area (Å²) in [7, 11) is 2.16. The first-order chi connectivity index (χ1) is 6.16. The maximum Gasteiger partial charge on any atom is 0.404 e. The maximum atomic E-state index is 10.6. The van der Waals surface area contributed by atoms with Gasteiger partial charge in [0.25, 0.3) is 0 Å². The molecule has 13 heavy (non-hydrogen) atoms. The molecule has 0 aromatic carbocycles. The molecule has 3 atom stereocenters. The van der Waals surface area contributed by atoms with Crippen LogP contribution in [0.2, 0.25) is 0 Å². The van der Waals surface area contributed by atoms with E-state index in [2.05, 4.69) is 11.9 Å². The Labute approximate surface area is 78.0 Å². The van der Waals surface area contributed by atoms with E-state index in [1.807, 2.05) is 0 Å². The molecule has 4 heteroatoms. The van der Waals surface area contributed by atoms with Crippen molar-refractivity contribution >= 4 is 6.09 Å². The van der Waals surface area contributed by atoms with Gasteiger partial charge in [-0.1, -0.05) is 0 Å². The summed E-state index contributed by atoms with van der Waals surface area (Å²) in [5, 5.41) is 0. The van der Waals surface area contributed by atoms with E-state index in [1.54, 1.807) is 0 Å². The lowest BCUT2D eigenvalue weighted by Gasteiger charge is -2.35. The Morgan fingerprint density at radius 2 is 1.92 bits per heavy atom. The highest BCUT2D eigenvalue weighted by Gasteiger charge is 2.39. The van der Waals surface area contributed by atoms with Crippen LogP contribution in [0.25, 0.3) is 0 Å². The topological polar surface area (TPSA) is 55.6 Å². The molecule has 4 nitrogen and oxygen atoms in total. The Morgan fingerprint density at radius 3 is 2.38 bits per heavy atom. The number of primary amides is 1. The van der Waals surface area contributed by atoms with Crippen LogP contribution in [0, 0.1) is 0 Å². The zero-order valence-corrected chi connectivity index (χ0v) is 7.90. The lowest BCUT2D eigenvalue weighted by atomic mass is 10.0. The minimum Gasteiger partial charge on any atom is -0.446 e. The highest BCUT2D eigenvalue weighted by Crippen LogP contribution is 2.35. The Balaban J connectivity index is 1.95. The minimum absolute atomic E-state index is 0.0613. The van der Waals surface area contributed by atoms with Gasteiger partial charge in [-0.3, -0.25) is 0 Å². The molecule has 0 unspecified atom stereocenters. The zero-order valence-electron chi connectivity index (χ0n) is 7.90. The van der Waals surface area contributed by atoms with Crippen LogP contribution in [0.5, 0.6) is 0 Å². The summed E-state index contributed by atoms with van der Waals surface area (Å²) in [6, 6.07) is 1.20. The Kier molecular flexibility index (Phi) is 2.15. The molecule has 2 heterocycles. The van der Waals surface area contributed by atoms with Gasteiger partial charge in [-0.25, -0.2) is 4.79 Å². The number of piperidine rings is 1. The lowest BCUT2D eigenvalue weighted by molar-refractivity contribution is 0.0327. The van der Waals surface area contributed by atoms with Gasteiger partial charge in [0.05, 0.1) is 0 Å². The van der Waals surface area contributed by atoms with Crippen LogP contribution in [0.4, 0.5) is 4.79 Å². The summed E-state index contributed by atoms with van der Waals surface area (Å²) in [6.45, 7) is 0. The van der Waals surface area contributed by atoms with Gasteiger partial charge in [0.15, 0.2) is 0 Å². The van der Waals surface area contributed by atoms with Crippen molar-refractivity contribution in [2.24, 2.45) is 5.73 Å². The molecular formula is C9H16N2O2. The molecule has 2 aliphatic heterocycles. The molecule has 2 rings (SSSR count).